The Labute approximate surface area is 372 Å². The summed E-state index contributed by atoms with van der Waals surface area (Å²) in [5.41, 5.74) is 14.1. The second-order valence-electron chi connectivity index (χ2n) is 16.0. The number of hydrogen-bond acceptors (Lipinski definition) is 9. The van der Waals surface area contributed by atoms with Crippen molar-refractivity contribution >= 4 is 52.4 Å². The lowest BCUT2D eigenvalue weighted by molar-refractivity contribution is -0.142. The summed E-state index contributed by atoms with van der Waals surface area (Å²) in [6.07, 6.45) is 4.70. The van der Waals surface area contributed by atoms with Crippen molar-refractivity contribution in [3.05, 3.63) is 108 Å². The first-order chi connectivity index (χ1) is 30.9. The van der Waals surface area contributed by atoms with Gasteiger partial charge in [-0.1, -0.05) is 78.9 Å². The molecule has 18 nitrogen and oxygen atoms in total. The summed E-state index contributed by atoms with van der Waals surface area (Å²) < 4.78 is 0. The zero-order chi connectivity index (χ0) is 45.8. The molecule has 5 rings (SSSR count). The van der Waals surface area contributed by atoms with Crippen molar-refractivity contribution in [3.8, 4) is 0 Å². The molecule has 342 valence electrons. The van der Waals surface area contributed by atoms with Crippen LogP contribution in [0.15, 0.2) is 91.1 Å². The minimum atomic E-state index is -1.28. The maximum absolute atomic E-state index is 14.5. The summed E-state index contributed by atoms with van der Waals surface area (Å²) in [6, 6.07) is 19.1. The number of H-pyrrole nitrogens is 1. The maximum atomic E-state index is 14.5. The van der Waals surface area contributed by atoms with E-state index in [2.05, 4.69) is 42.2 Å². The number of para-hydroxylation sites is 1. The van der Waals surface area contributed by atoms with E-state index in [1.165, 1.54) is 0 Å². The number of aromatic amines is 1. The van der Waals surface area contributed by atoms with Crippen molar-refractivity contribution in [2.45, 2.75) is 100 Å². The average Bonchev–Trinajstić information content (AvgIpc) is 3.98. The Hall–Kier alpha value is -6.79. The molecular formula is C46H61N11O7. The van der Waals surface area contributed by atoms with Crippen LogP contribution in [0.4, 0.5) is 0 Å². The van der Waals surface area contributed by atoms with Crippen molar-refractivity contribution in [2.75, 3.05) is 19.6 Å². The number of carbonyl (C=O) groups is 6. The molecule has 0 aliphatic carbocycles. The zero-order valence-corrected chi connectivity index (χ0v) is 35.9. The monoisotopic (exact) mass is 879 g/mol. The fraction of sp³-hybridized carbons (Fsp3) is 0.413. The third-order valence-corrected chi connectivity index (χ3v) is 11.1. The lowest BCUT2D eigenvalue weighted by Gasteiger charge is -2.27. The quantitative estimate of drug-likeness (QED) is 0.0252. The Morgan fingerprint density at radius 3 is 1.78 bits per heavy atom. The van der Waals surface area contributed by atoms with Gasteiger partial charge < -0.3 is 58.8 Å². The van der Waals surface area contributed by atoms with Crippen LogP contribution in [0, 0.1) is 5.41 Å². The Morgan fingerprint density at radius 2 is 1.20 bits per heavy atom. The Morgan fingerprint density at radius 1 is 0.672 bits per heavy atom. The summed E-state index contributed by atoms with van der Waals surface area (Å²) in [5, 5.41) is 38.2. The SMILES string of the molecule is N=C(N)NCCC[C@H](NC(=O)[C@H](Cc1ccccc1)NC(=O)[C@H](Cc1ccccc1)NC(=O)[C@@H]1CCCN1)C(=O)N[C@@H](Cc1c[nH]c2ccccc12)C(=O)N[C@@H](CCCCN)C(=O)O. The number of hydrogen-bond donors (Lipinski definition) is 12. The summed E-state index contributed by atoms with van der Waals surface area (Å²) >= 11 is 0. The highest BCUT2D eigenvalue weighted by molar-refractivity contribution is 5.97. The Kier molecular flexibility index (Phi) is 18.7. The highest BCUT2D eigenvalue weighted by atomic mass is 16.4. The van der Waals surface area contributed by atoms with Gasteiger partial charge >= 0.3 is 5.97 Å². The molecule has 18 heteroatoms. The van der Waals surface area contributed by atoms with Crippen LogP contribution in [0.5, 0.6) is 0 Å². The summed E-state index contributed by atoms with van der Waals surface area (Å²) in [5.74, 6) is -4.64. The highest BCUT2D eigenvalue weighted by Crippen LogP contribution is 2.20. The van der Waals surface area contributed by atoms with Crippen molar-refractivity contribution in [3.63, 3.8) is 0 Å². The predicted octanol–water partition coefficient (Wildman–Crippen LogP) is 0.849. The van der Waals surface area contributed by atoms with E-state index in [0.717, 1.165) is 22.9 Å². The van der Waals surface area contributed by atoms with Crippen molar-refractivity contribution in [1.29, 1.82) is 5.41 Å². The van der Waals surface area contributed by atoms with E-state index in [-0.39, 0.29) is 56.9 Å². The molecular weight excluding hydrogens is 819 g/mol. The van der Waals surface area contributed by atoms with Gasteiger partial charge in [0.1, 0.15) is 30.2 Å². The largest absolute Gasteiger partial charge is 0.480 e. The first kappa shape index (κ1) is 48.2. The van der Waals surface area contributed by atoms with Crippen molar-refractivity contribution < 1.29 is 33.9 Å². The number of carboxylic acids is 1. The molecule has 1 aliphatic rings. The molecule has 0 saturated carbocycles. The molecule has 0 radical (unpaired) electrons. The van der Waals surface area contributed by atoms with Gasteiger partial charge in [-0.25, -0.2) is 4.79 Å². The van der Waals surface area contributed by atoms with Crippen LogP contribution < -0.4 is 48.7 Å². The molecule has 0 spiro atoms. The van der Waals surface area contributed by atoms with Gasteiger partial charge in [0, 0.05) is 42.9 Å². The molecule has 5 amide bonds. The number of nitrogens with one attached hydrogen (secondary N) is 9. The predicted molar refractivity (Wildman–Crippen MR) is 243 cm³/mol. The van der Waals surface area contributed by atoms with Crippen LogP contribution in [0.2, 0.25) is 0 Å². The van der Waals surface area contributed by atoms with Crippen LogP contribution in [-0.2, 0) is 48.0 Å². The van der Waals surface area contributed by atoms with E-state index in [0.29, 0.717) is 43.5 Å². The number of benzene rings is 3. The molecule has 1 aliphatic heterocycles. The van der Waals surface area contributed by atoms with Crippen molar-refractivity contribution in [2.24, 2.45) is 11.5 Å². The molecule has 0 bridgehead atoms. The smallest absolute Gasteiger partial charge is 0.326 e. The van der Waals surface area contributed by atoms with Crippen LogP contribution in [0.3, 0.4) is 0 Å². The van der Waals surface area contributed by atoms with Gasteiger partial charge in [0.25, 0.3) is 0 Å². The highest BCUT2D eigenvalue weighted by Gasteiger charge is 2.34. The van der Waals surface area contributed by atoms with E-state index in [4.69, 9.17) is 16.9 Å². The normalized spacial score (nSPS) is 15.7. The average molecular weight is 880 g/mol. The zero-order valence-electron chi connectivity index (χ0n) is 35.9. The van der Waals surface area contributed by atoms with Crippen LogP contribution >= 0.6 is 0 Å². The maximum Gasteiger partial charge on any atom is 0.326 e. The second kappa shape index (κ2) is 24.7. The van der Waals surface area contributed by atoms with Gasteiger partial charge in [-0.3, -0.25) is 29.4 Å². The standard InChI is InChI=1S/C46H61N11O7/c47-22-10-9-19-36(45(63)64)54-44(62)39(27-31-28-52-33-18-8-7-17-32(31)33)57-41(59)35(21-12-24-51-46(48)49)53-42(60)37(25-29-13-3-1-4-14-29)56-43(61)38(26-30-15-5-2-6-16-30)55-40(58)34-20-11-23-50-34/h1-8,13-18,28,34-39,50,52H,9-12,19-27,47H2,(H,53,60)(H,54,62)(H,55,58)(H,56,61)(H,57,59)(H,63,64)(H4,48,49,51)/t34-,35-,36-,37-,38-,39-/m0/s1. The van der Waals surface area contributed by atoms with Gasteiger partial charge in [0.15, 0.2) is 5.96 Å². The van der Waals surface area contributed by atoms with Gasteiger partial charge in [-0.2, -0.15) is 0 Å². The lowest BCUT2D eigenvalue weighted by Crippen LogP contribution is -2.60. The number of aromatic nitrogens is 1. The molecule has 1 aromatic heterocycles. The topological polar surface area (TPSA) is 299 Å². The number of unbranched alkanes of at least 4 members (excludes halogenated alkanes) is 1. The third-order valence-electron chi connectivity index (χ3n) is 11.1. The van der Waals surface area contributed by atoms with E-state index in [9.17, 15) is 33.9 Å². The first-order valence-electron chi connectivity index (χ1n) is 21.8. The van der Waals surface area contributed by atoms with Gasteiger partial charge in [-0.05, 0) is 80.8 Å². The van der Waals surface area contributed by atoms with E-state index in [1.807, 2.05) is 60.7 Å². The number of nitrogens with two attached hydrogens (primary N) is 2. The molecule has 0 unspecified atom stereocenters. The Balaban J connectivity index is 1.41. The lowest BCUT2D eigenvalue weighted by atomic mass is 10.0. The summed E-state index contributed by atoms with van der Waals surface area (Å²) in [7, 11) is 0. The molecule has 14 N–H and O–H groups in total. The second-order valence-corrected chi connectivity index (χ2v) is 16.0. The van der Waals surface area contributed by atoms with Crippen LogP contribution in [0.1, 0.15) is 61.6 Å². The van der Waals surface area contributed by atoms with E-state index in [1.54, 1.807) is 30.5 Å². The number of carboxylic acid groups (broad SMARTS) is 1. The van der Waals surface area contributed by atoms with Gasteiger partial charge in [0.2, 0.25) is 29.5 Å². The van der Waals surface area contributed by atoms with Gasteiger partial charge in [0.05, 0.1) is 6.04 Å². The van der Waals surface area contributed by atoms with Crippen molar-refractivity contribution in [1.82, 2.24) is 42.2 Å². The fourth-order valence-electron chi connectivity index (χ4n) is 7.67. The van der Waals surface area contributed by atoms with E-state index < -0.39 is 65.8 Å². The fourth-order valence-corrected chi connectivity index (χ4v) is 7.67. The molecule has 3 aromatic carbocycles. The van der Waals surface area contributed by atoms with Crippen LogP contribution in [0.25, 0.3) is 10.9 Å². The van der Waals surface area contributed by atoms with E-state index >= 15 is 0 Å². The summed E-state index contributed by atoms with van der Waals surface area (Å²) in [6.45, 7) is 1.21. The molecule has 6 atom stereocenters. The number of guanidine groups is 1. The molecule has 1 fully saturated rings. The van der Waals surface area contributed by atoms with Crippen LogP contribution in [-0.4, -0.2) is 107 Å². The molecule has 2 heterocycles. The molecule has 64 heavy (non-hydrogen) atoms. The number of rotatable bonds is 25. The molecule has 1 saturated heterocycles. The minimum absolute atomic E-state index is 0.0171. The number of carbonyl (C=O) groups excluding carboxylic acids is 5. The summed E-state index contributed by atoms with van der Waals surface area (Å²) in [4.78, 5) is 85.9. The number of aliphatic carboxylic acids is 1. The number of amides is 5. The molecule has 4 aromatic rings. The third kappa shape index (κ3) is 14.9. The Bertz CT molecular complexity index is 2180. The minimum Gasteiger partial charge on any atom is -0.480 e. The number of fused-ring (bicyclic) bond motifs is 1. The van der Waals surface area contributed by atoms with Gasteiger partial charge in [-0.15, -0.1) is 0 Å². The first-order valence-corrected chi connectivity index (χ1v) is 21.8.